The number of nitrogens with zero attached hydrogens (tertiary/aromatic N) is 1. The number of aliphatic hydroxyl groups excluding tert-OH is 2. The Morgan fingerprint density at radius 3 is 2.48 bits per heavy atom. The Balaban J connectivity index is 1.67. The minimum absolute atomic E-state index is 0.0276. The summed E-state index contributed by atoms with van der Waals surface area (Å²) in [6.07, 6.45) is 2.97. The molecule has 21 heavy (non-hydrogen) atoms. The Morgan fingerprint density at radius 1 is 1.24 bits per heavy atom. The maximum Gasteiger partial charge on any atom is 0.129 e. The van der Waals surface area contributed by atoms with Gasteiger partial charge in [0.05, 0.1) is 12.2 Å². The predicted molar refractivity (Wildman–Crippen MR) is 79.3 cm³/mol. The molecule has 2 N–H and O–H groups in total. The molecule has 2 bridgehead atoms. The normalized spacial score (nSPS) is 32.1. The summed E-state index contributed by atoms with van der Waals surface area (Å²) in [7, 11) is 0. The van der Waals surface area contributed by atoms with Gasteiger partial charge in [0.15, 0.2) is 0 Å². The number of aliphatic hydroxyl groups is 2. The van der Waals surface area contributed by atoms with Crippen molar-refractivity contribution in [2.45, 2.75) is 56.9 Å². The van der Waals surface area contributed by atoms with E-state index < -0.39 is 6.10 Å². The van der Waals surface area contributed by atoms with Crippen molar-refractivity contribution in [3.8, 4) is 0 Å². The number of hydrogen-bond acceptors (Lipinski definition) is 3. The fourth-order valence-corrected chi connectivity index (χ4v) is 4.00. The van der Waals surface area contributed by atoms with Crippen molar-refractivity contribution in [1.29, 1.82) is 0 Å². The van der Waals surface area contributed by atoms with Crippen LogP contribution in [0.15, 0.2) is 24.3 Å². The third-order valence-electron chi connectivity index (χ3n) is 5.12. The van der Waals surface area contributed by atoms with Gasteiger partial charge in [0, 0.05) is 24.2 Å². The van der Waals surface area contributed by atoms with Crippen LogP contribution in [-0.2, 0) is 0 Å². The zero-order valence-corrected chi connectivity index (χ0v) is 12.5. The molecule has 4 heteroatoms. The van der Waals surface area contributed by atoms with E-state index in [1.807, 2.05) is 6.92 Å². The molecule has 2 aliphatic heterocycles. The van der Waals surface area contributed by atoms with E-state index >= 15 is 0 Å². The lowest BCUT2D eigenvalue weighted by Gasteiger charge is -2.39. The summed E-state index contributed by atoms with van der Waals surface area (Å²) in [6, 6.07) is 7.30. The molecule has 1 aromatic rings. The second kappa shape index (κ2) is 6.03. The Kier molecular flexibility index (Phi) is 4.29. The predicted octanol–water partition coefficient (Wildman–Crippen LogP) is 2.48. The van der Waals surface area contributed by atoms with E-state index in [4.69, 9.17) is 0 Å². The number of rotatable bonds is 4. The van der Waals surface area contributed by atoms with Gasteiger partial charge in [-0.05, 0) is 37.7 Å². The van der Waals surface area contributed by atoms with Crippen LogP contribution in [0, 0.1) is 11.7 Å². The summed E-state index contributed by atoms with van der Waals surface area (Å²) in [5, 5.41) is 20.3. The third kappa shape index (κ3) is 2.98. The zero-order valence-electron chi connectivity index (χ0n) is 12.5. The first-order valence-corrected chi connectivity index (χ1v) is 7.92. The topological polar surface area (TPSA) is 43.7 Å². The molecule has 4 unspecified atom stereocenters. The number of piperidine rings is 1. The Morgan fingerprint density at radius 2 is 1.86 bits per heavy atom. The summed E-state index contributed by atoms with van der Waals surface area (Å²) in [5.41, 5.74) is 0.384. The van der Waals surface area contributed by atoms with E-state index in [0.29, 0.717) is 17.6 Å². The molecule has 0 aliphatic carbocycles. The van der Waals surface area contributed by atoms with Gasteiger partial charge in [0.25, 0.3) is 0 Å². The fourth-order valence-electron chi connectivity index (χ4n) is 4.00. The highest BCUT2D eigenvalue weighted by molar-refractivity contribution is 5.20. The molecular formula is C17H24FNO2. The lowest BCUT2D eigenvalue weighted by molar-refractivity contribution is 0.00915. The van der Waals surface area contributed by atoms with Gasteiger partial charge in [-0.2, -0.15) is 0 Å². The van der Waals surface area contributed by atoms with Gasteiger partial charge in [0.2, 0.25) is 0 Å². The Hall–Kier alpha value is -0.970. The number of fused-ring (bicyclic) bond motifs is 2. The molecule has 3 nitrogen and oxygen atoms in total. The first kappa shape index (κ1) is 14.9. The minimum Gasteiger partial charge on any atom is -0.393 e. The smallest absolute Gasteiger partial charge is 0.129 e. The van der Waals surface area contributed by atoms with Gasteiger partial charge in [-0.3, -0.25) is 4.90 Å². The first-order chi connectivity index (χ1) is 10.1. The first-order valence-electron chi connectivity index (χ1n) is 7.92. The van der Waals surface area contributed by atoms with E-state index in [2.05, 4.69) is 4.90 Å². The van der Waals surface area contributed by atoms with E-state index in [9.17, 15) is 14.6 Å². The largest absolute Gasteiger partial charge is 0.393 e. The van der Waals surface area contributed by atoms with Crippen molar-refractivity contribution in [3.05, 3.63) is 35.6 Å². The molecule has 3 rings (SSSR count). The average molecular weight is 293 g/mol. The molecule has 1 aromatic carbocycles. The highest BCUT2D eigenvalue weighted by Crippen LogP contribution is 2.37. The van der Waals surface area contributed by atoms with E-state index in [-0.39, 0.29) is 17.8 Å². The minimum atomic E-state index is -0.780. The van der Waals surface area contributed by atoms with Crippen molar-refractivity contribution in [2.75, 3.05) is 6.54 Å². The van der Waals surface area contributed by atoms with Gasteiger partial charge in [-0.1, -0.05) is 25.1 Å². The fraction of sp³-hybridized carbons (Fsp3) is 0.647. The standard InChI is InChI=1S/C17H24FNO2/c1-11(17(21)15-4-2-3-5-16(15)18)10-19-12-6-7-13(19)9-14(20)8-12/h2-5,11-14,17,20-21H,6-10H2,1H3. The van der Waals surface area contributed by atoms with Crippen molar-refractivity contribution in [3.63, 3.8) is 0 Å². The van der Waals surface area contributed by atoms with E-state index in [1.165, 1.54) is 6.07 Å². The van der Waals surface area contributed by atoms with Crippen molar-refractivity contribution >= 4 is 0 Å². The highest BCUT2D eigenvalue weighted by Gasteiger charge is 2.41. The summed E-state index contributed by atoms with van der Waals surface area (Å²) in [6.45, 7) is 2.74. The van der Waals surface area contributed by atoms with E-state index in [1.54, 1.807) is 18.2 Å². The van der Waals surface area contributed by atoms with Crippen LogP contribution in [0.2, 0.25) is 0 Å². The van der Waals surface area contributed by atoms with Crippen molar-refractivity contribution < 1.29 is 14.6 Å². The third-order valence-corrected chi connectivity index (χ3v) is 5.12. The molecule has 2 aliphatic rings. The van der Waals surface area contributed by atoms with Crippen molar-refractivity contribution in [1.82, 2.24) is 4.90 Å². The lowest BCUT2D eigenvalue weighted by atomic mass is 9.93. The molecule has 0 aromatic heterocycles. The Bertz CT molecular complexity index is 481. The lowest BCUT2D eigenvalue weighted by Crippen LogP contribution is -2.47. The highest BCUT2D eigenvalue weighted by atomic mass is 19.1. The summed E-state index contributed by atoms with van der Waals surface area (Å²) in [5.74, 6) is -0.367. The van der Waals surface area contributed by atoms with Crippen LogP contribution >= 0.6 is 0 Å². The summed E-state index contributed by atoms with van der Waals surface area (Å²) < 4.78 is 13.8. The van der Waals surface area contributed by atoms with Crippen LogP contribution in [-0.4, -0.2) is 39.8 Å². The molecule has 4 atom stereocenters. The zero-order chi connectivity index (χ0) is 15.0. The van der Waals surface area contributed by atoms with Crippen molar-refractivity contribution in [2.24, 2.45) is 5.92 Å². The summed E-state index contributed by atoms with van der Waals surface area (Å²) >= 11 is 0. The molecule has 2 saturated heterocycles. The van der Waals surface area contributed by atoms with Crippen LogP contribution < -0.4 is 0 Å². The monoisotopic (exact) mass is 293 g/mol. The second-order valence-corrected chi connectivity index (χ2v) is 6.65. The SMILES string of the molecule is CC(CN1C2CCC1CC(O)C2)C(O)c1ccccc1F. The van der Waals surface area contributed by atoms with Gasteiger partial charge in [0.1, 0.15) is 5.82 Å². The molecular weight excluding hydrogens is 269 g/mol. The molecule has 0 radical (unpaired) electrons. The maximum absolute atomic E-state index is 13.8. The van der Waals surface area contributed by atoms with Crippen LogP contribution in [0.25, 0.3) is 0 Å². The molecule has 2 fully saturated rings. The maximum atomic E-state index is 13.8. The van der Waals surface area contributed by atoms with Gasteiger partial charge in [-0.15, -0.1) is 0 Å². The number of hydrogen-bond donors (Lipinski definition) is 2. The molecule has 116 valence electrons. The molecule has 0 saturated carbocycles. The molecule has 0 spiro atoms. The Labute approximate surface area is 125 Å². The average Bonchev–Trinajstić information content (AvgIpc) is 2.70. The number of benzene rings is 1. The number of halogens is 1. The van der Waals surface area contributed by atoms with Crippen LogP contribution in [0.4, 0.5) is 4.39 Å². The van der Waals surface area contributed by atoms with E-state index in [0.717, 1.165) is 32.2 Å². The van der Waals surface area contributed by atoms with Gasteiger partial charge >= 0.3 is 0 Å². The summed E-state index contributed by atoms with van der Waals surface area (Å²) in [4.78, 5) is 2.42. The van der Waals surface area contributed by atoms with Crippen LogP contribution in [0.3, 0.4) is 0 Å². The van der Waals surface area contributed by atoms with Crippen LogP contribution in [0.1, 0.15) is 44.3 Å². The molecule has 0 amide bonds. The molecule has 2 heterocycles. The van der Waals surface area contributed by atoms with Gasteiger partial charge < -0.3 is 10.2 Å². The quantitative estimate of drug-likeness (QED) is 0.896. The van der Waals surface area contributed by atoms with Crippen LogP contribution in [0.5, 0.6) is 0 Å². The van der Waals surface area contributed by atoms with Gasteiger partial charge in [-0.25, -0.2) is 4.39 Å². The second-order valence-electron chi connectivity index (χ2n) is 6.65.